The van der Waals surface area contributed by atoms with Crippen LogP contribution in [0.5, 0.6) is 5.88 Å². The zero-order valence-corrected chi connectivity index (χ0v) is 14.2. The number of aromatic nitrogens is 3. The molecular formula is C17H18ClN4O2+. The van der Waals surface area contributed by atoms with Crippen LogP contribution in [0.1, 0.15) is 5.56 Å². The average molecular weight is 346 g/mol. The van der Waals surface area contributed by atoms with E-state index >= 15 is 0 Å². The van der Waals surface area contributed by atoms with Crippen molar-refractivity contribution in [1.82, 2.24) is 14.8 Å². The molecule has 1 aromatic carbocycles. The van der Waals surface area contributed by atoms with Gasteiger partial charge in [0.1, 0.15) is 6.20 Å². The van der Waals surface area contributed by atoms with Gasteiger partial charge < -0.3 is 4.74 Å². The average Bonchev–Trinajstić information content (AvgIpc) is 3.02. The highest BCUT2D eigenvalue weighted by atomic mass is 35.5. The van der Waals surface area contributed by atoms with Gasteiger partial charge in [-0.05, 0) is 29.3 Å². The summed E-state index contributed by atoms with van der Waals surface area (Å²) in [6, 6.07) is 9.66. The number of benzene rings is 1. The third kappa shape index (κ3) is 3.73. The Hall–Kier alpha value is -2.41. The molecule has 0 radical (unpaired) electrons. The fourth-order valence-corrected chi connectivity index (χ4v) is 2.65. The van der Waals surface area contributed by atoms with E-state index in [1.54, 1.807) is 32.1 Å². The predicted molar refractivity (Wildman–Crippen MR) is 91.2 cm³/mol. The van der Waals surface area contributed by atoms with Gasteiger partial charge in [-0.1, -0.05) is 23.7 Å². The largest absolute Gasteiger partial charge is 0.481 e. The zero-order valence-electron chi connectivity index (χ0n) is 13.4. The number of ether oxygens (including phenoxy) is 1. The maximum absolute atomic E-state index is 6.10. The smallest absolute Gasteiger partial charge is 0.221 e. The molecule has 0 fully saturated rings. The third-order valence-corrected chi connectivity index (χ3v) is 3.72. The summed E-state index contributed by atoms with van der Waals surface area (Å²) in [4.78, 5) is 9.39. The van der Waals surface area contributed by atoms with Crippen molar-refractivity contribution >= 4 is 17.3 Å². The molecule has 0 bridgehead atoms. The standard InChI is InChI=1S/C17H17ClN4O2/c1-23-17-16(13-4-3-5-14(18)7-13)6-12(8-19-17)10-22-11-15(9-20-22)21-24-2/h3-9,11,21H,10H2,1-2H3/p+1. The minimum absolute atomic E-state index is 0.565. The first-order chi connectivity index (χ1) is 11.7. The van der Waals surface area contributed by atoms with E-state index in [2.05, 4.69) is 10.1 Å². The molecule has 0 unspecified atom stereocenters. The Balaban J connectivity index is 1.90. The number of methoxy groups -OCH3 is 1. The molecule has 24 heavy (non-hydrogen) atoms. The minimum Gasteiger partial charge on any atom is -0.481 e. The SMILES string of the molecule is CO[NH2+]c1cnn(Cc2cnc(OC)c(-c3cccc(Cl)c3)c2)c1. The molecule has 0 saturated carbocycles. The molecular weight excluding hydrogens is 328 g/mol. The van der Waals surface area contributed by atoms with Crippen LogP contribution in [0.25, 0.3) is 11.1 Å². The van der Waals surface area contributed by atoms with Crippen LogP contribution in [-0.4, -0.2) is 29.0 Å². The number of nitrogens with zero attached hydrogens (tertiary/aromatic N) is 3. The molecule has 3 rings (SSSR count). The third-order valence-electron chi connectivity index (χ3n) is 3.49. The lowest BCUT2D eigenvalue weighted by Gasteiger charge is -2.10. The highest BCUT2D eigenvalue weighted by Gasteiger charge is 2.10. The van der Waals surface area contributed by atoms with E-state index in [0.717, 1.165) is 22.4 Å². The second-order valence-electron chi connectivity index (χ2n) is 5.24. The van der Waals surface area contributed by atoms with Crippen molar-refractivity contribution in [2.24, 2.45) is 0 Å². The number of halogens is 1. The van der Waals surface area contributed by atoms with Crippen molar-refractivity contribution < 1.29 is 15.1 Å². The van der Waals surface area contributed by atoms with Gasteiger partial charge in [-0.3, -0.25) is 4.68 Å². The molecule has 0 saturated heterocycles. The molecule has 0 spiro atoms. The Morgan fingerprint density at radius 1 is 1.21 bits per heavy atom. The summed E-state index contributed by atoms with van der Waals surface area (Å²) in [7, 11) is 3.22. The highest BCUT2D eigenvalue weighted by Crippen LogP contribution is 2.30. The monoisotopic (exact) mass is 345 g/mol. The fraction of sp³-hybridized carbons (Fsp3) is 0.176. The normalized spacial score (nSPS) is 10.8. The van der Waals surface area contributed by atoms with E-state index in [9.17, 15) is 0 Å². The molecule has 124 valence electrons. The topological polar surface area (TPSA) is 65.8 Å². The van der Waals surface area contributed by atoms with Crippen molar-refractivity contribution in [2.45, 2.75) is 6.54 Å². The Morgan fingerprint density at radius 2 is 2.08 bits per heavy atom. The molecule has 0 aliphatic rings. The minimum atomic E-state index is 0.565. The van der Waals surface area contributed by atoms with Crippen LogP contribution in [0.2, 0.25) is 5.02 Å². The number of nitrogens with two attached hydrogens (primary N) is 1. The first kappa shape index (κ1) is 16.4. The second-order valence-corrected chi connectivity index (χ2v) is 5.67. The zero-order chi connectivity index (χ0) is 16.9. The van der Waals surface area contributed by atoms with E-state index in [0.29, 0.717) is 17.4 Å². The van der Waals surface area contributed by atoms with Crippen molar-refractivity contribution in [3.8, 4) is 17.0 Å². The number of hydrogen-bond acceptors (Lipinski definition) is 4. The van der Waals surface area contributed by atoms with Crippen LogP contribution >= 0.6 is 11.6 Å². The Labute approximate surface area is 145 Å². The van der Waals surface area contributed by atoms with E-state index in [1.807, 2.05) is 41.2 Å². The summed E-state index contributed by atoms with van der Waals surface area (Å²) in [5.74, 6) is 0.565. The molecule has 0 aliphatic carbocycles. The number of hydrogen-bond donors (Lipinski definition) is 1. The summed E-state index contributed by atoms with van der Waals surface area (Å²) in [5.41, 5.74) is 5.43. The van der Waals surface area contributed by atoms with Gasteiger partial charge >= 0.3 is 0 Å². The first-order valence-electron chi connectivity index (χ1n) is 7.37. The number of rotatable bonds is 6. The summed E-state index contributed by atoms with van der Waals surface area (Å²) >= 11 is 6.10. The van der Waals surface area contributed by atoms with Gasteiger partial charge in [-0.25, -0.2) is 9.82 Å². The van der Waals surface area contributed by atoms with Gasteiger partial charge in [0.15, 0.2) is 5.69 Å². The van der Waals surface area contributed by atoms with Crippen LogP contribution in [0, 0.1) is 0 Å². The van der Waals surface area contributed by atoms with Crippen molar-refractivity contribution in [3.05, 3.63) is 59.5 Å². The Morgan fingerprint density at radius 3 is 2.83 bits per heavy atom. The quantitative estimate of drug-likeness (QED) is 0.697. The van der Waals surface area contributed by atoms with Crippen LogP contribution < -0.4 is 10.2 Å². The second kappa shape index (κ2) is 7.44. The van der Waals surface area contributed by atoms with Crippen LogP contribution in [0.3, 0.4) is 0 Å². The molecule has 3 aromatic rings. The van der Waals surface area contributed by atoms with Gasteiger partial charge in [0, 0.05) is 16.8 Å². The highest BCUT2D eigenvalue weighted by molar-refractivity contribution is 6.30. The maximum Gasteiger partial charge on any atom is 0.221 e. The molecule has 2 N–H and O–H groups in total. The Bertz CT molecular complexity index is 835. The molecule has 2 heterocycles. The van der Waals surface area contributed by atoms with Gasteiger partial charge in [0.05, 0.1) is 27.0 Å². The van der Waals surface area contributed by atoms with Crippen LogP contribution in [-0.2, 0) is 11.4 Å². The molecule has 6 nitrogen and oxygen atoms in total. The lowest BCUT2D eigenvalue weighted by atomic mass is 10.1. The Kier molecular flexibility index (Phi) is 5.10. The molecule has 7 heteroatoms. The fourth-order valence-electron chi connectivity index (χ4n) is 2.46. The van der Waals surface area contributed by atoms with E-state index in [4.69, 9.17) is 21.2 Å². The lowest BCUT2D eigenvalue weighted by Crippen LogP contribution is -2.75. The molecule has 0 aliphatic heterocycles. The van der Waals surface area contributed by atoms with Gasteiger partial charge in [0.25, 0.3) is 0 Å². The van der Waals surface area contributed by atoms with Gasteiger partial charge in [-0.2, -0.15) is 10.6 Å². The summed E-state index contributed by atoms with van der Waals surface area (Å²) in [6.07, 6.45) is 5.44. The summed E-state index contributed by atoms with van der Waals surface area (Å²) in [5, 5.41) is 4.99. The first-order valence-corrected chi connectivity index (χ1v) is 7.74. The van der Waals surface area contributed by atoms with E-state index in [-0.39, 0.29) is 0 Å². The van der Waals surface area contributed by atoms with Crippen molar-refractivity contribution in [1.29, 1.82) is 0 Å². The van der Waals surface area contributed by atoms with Crippen molar-refractivity contribution in [3.63, 3.8) is 0 Å². The van der Waals surface area contributed by atoms with E-state index < -0.39 is 0 Å². The van der Waals surface area contributed by atoms with Crippen LogP contribution in [0.15, 0.2) is 48.9 Å². The maximum atomic E-state index is 6.10. The van der Waals surface area contributed by atoms with Crippen molar-refractivity contribution in [2.75, 3.05) is 14.2 Å². The van der Waals surface area contributed by atoms with E-state index in [1.165, 1.54) is 0 Å². The molecule has 0 atom stereocenters. The van der Waals surface area contributed by atoms with Gasteiger partial charge in [-0.15, -0.1) is 0 Å². The molecule has 0 amide bonds. The predicted octanol–water partition coefficient (Wildman–Crippen LogP) is 2.41. The van der Waals surface area contributed by atoms with Gasteiger partial charge in [0.2, 0.25) is 5.88 Å². The summed E-state index contributed by atoms with van der Waals surface area (Å²) in [6.45, 7) is 0.599. The molecule has 2 aromatic heterocycles. The lowest BCUT2D eigenvalue weighted by molar-refractivity contribution is -0.830. The number of quaternary nitrogens is 1. The van der Waals surface area contributed by atoms with Crippen LogP contribution in [0.4, 0.5) is 5.69 Å². The summed E-state index contributed by atoms with van der Waals surface area (Å²) < 4.78 is 7.21. The number of pyridine rings is 1.